The van der Waals surface area contributed by atoms with Crippen LogP contribution in [0.4, 0.5) is 8.78 Å². The molecule has 0 fully saturated rings. The van der Waals surface area contributed by atoms with Gasteiger partial charge in [0.2, 0.25) is 0 Å². The Hall–Kier alpha value is -1.63. The molecule has 2 rings (SSSR count). The molecular formula is C14H14BrF2N3O. The molecule has 2 aromatic rings. The number of nitrogens with zero attached hydrogens (tertiary/aromatic N) is 3. The molecular weight excluding hydrogens is 344 g/mol. The van der Waals surface area contributed by atoms with E-state index >= 15 is 0 Å². The van der Waals surface area contributed by atoms with E-state index in [1.54, 1.807) is 13.8 Å². The molecule has 0 unspecified atom stereocenters. The number of hydrogen-bond acceptors (Lipinski definition) is 3. The van der Waals surface area contributed by atoms with Crippen LogP contribution in [0, 0.1) is 20.8 Å². The fourth-order valence-corrected chi connectivity index (χ4v) is 2.44. The first kappa shape index (κ1) is 15.8. The number of rotatable bonds is 2. The van der Waals surface area contributed by atoms with E-state index < -0.39 is 11.5 Å². The minimum atomic E-state index is -3.10. The summed E-state index contributed by atoms with van der Waals surface area (Å²) in [5, 5.41) is 3.99. The molecule has 0 saturated heterocycles. The van der Waals surface area contributed by atoms with Crippen LogP contribution >= 0.6 is 15.9 Å². The number of halogens is 3. The largest absolute Gasteiger partial charge is 0.273 e. The Kier molecular flexibility index (Phi) is 3.97. The molecule has 112 valence electrons. The zero-order chi connectivity index (χ0) is 15.9. The average Bonchev–Trinajstić information content (AvgIpc) is 2.35. The van der Waals surface area contributed by atoms with E-state index in [4.69, 9.17) is 0 Å². The fourth-order valence-electron chi connectivity index (χ4n) is 2.01. The van der Waals surface area contributed by atoms with Crippen LogP contribution in [-0.4, -0.2) is 14.8 Å². The van der Waals surface area contributed by atoms with Gasteiger partial charge in [-0.25, -0.2) is 13.8 Å². The summed E-state index contributed by atoms with van der Waals surface area (Å²) in [6, 6.07) is 2.73. The zero-order valence-electron chi connectivity index (χ0n) is 12.0. The van der Waals surface area contributed by atoms with E-state index in [-0.39, 0.29) is 11.3 Å². The molecule has 0 aliphatic carbocycles. The SMILES string of the molecule is Cc1cc(Br)c(C)nc1-n1nc(C)c(C(C)(F)F)cc1=O. The van der Waals surface area contributed by atoms with Crippen LogP contribution in [0.1, 0.15) is 29.4 Å². The van der Waals surface area contributed by atoms with Gasteiger partial charge in [0.05, 0.1) is 11.4 Å². The lowest BCUT2D eigenvalue weighted by Crippen LogP contribution is -2.27. The Balaban J connectivity index is 2.70. The molecule has 0 amide bonds. The second-order valence-electron chi connectivity index (χ2n) is 4.98. The van der Waals surface area contributed by atoms with Crippen molar-refractivity contribution < 1.29 is 8.78 Å². The summed E-state index contributed by atoms with van der Waals surface area (Å²) >= 11 is 3.35. The Morgan fingerprint density at radius 2 is 1.81 bits per heavy atom. The molecule has 0 atom stereocenters. The van der Waals surface area contributed by atoms with Crippen molar-refractivity contribution in [2.24, 2.45) is 0 Å². The number of hydrogen-bond donors (Lipinski definition) is 0. The third-order valence-corrected chi connectivity index (χ3v) is 3.91. The van der Waals surface area contributed by atoms with Crippen LogP contribution in [0.3, 0.4) is 0 Å². The number of pyridine rings is 1. The van der Waals surface area contributed by atoms with Crippen molar-refractivity contribution in [2.75, 3.05) is 0 Å². The van der Waals surface area contributed by atoms with Crippen molar-refractivity contribution in [2.45, 2.75) is 33.6 Å². The number of aryl methyl sites for hydroxylation is 3. The van der Waals surface area contributed by atoms with Crippen LogP contribution in [0.25, 0.3) is 5.82 Å². The van der Waals surface area contributed by atoms with Crippen molar-refractivity contribution in [3.8, 4) is 5.82 Å². The molecule has 0 aromatic carbocycles. The van der Waals surface area contributed by atoms with Crippen molar-refractivity contribution in [1.29, 1.82) is 0 Å². The summed E-state index contributed by atoms with van der Waals surface area (Å²) in [5.74, 6) is -2.76. The molecule has 2 heterocycles. The van der Waals surface area contributed by atoms with Gasteiger partial charge in [-0.3, -0.25) is 4.79 Å². The van der Waals surface area contributed by atoms with E-state index in [0.29, 0.717) is 11.5 Å². The van der Waals surface area contributed by atoms with E-state index in [2.05, 4.69) is 26.0 Å². The first-order chi connectivity index (χ1) is 9.61. The van der Waals surface area contributed by atoms with Gasteiger partial charge in [0.1, 0.15) is 0 Å². The third-order valence-electron chi connectivity index (χ3n) is 3.11. The normalized spacial score (nSPS) is 11.8. The van der Waals surface area contributed by atoms with Gasteiger partial charge >= 0.3 is 0 Å². The smallest absolute Gasteiger partial charge is 0.267 e. The molecule has 21 heavy (non-hydrogen) atoms. The molecule has 2 aromatic heterocycles. The first-order valence-corrected chi connectivity index (χ1v) is 7.04. The highest BCUT2D eigenvalue weighted by atomic mass is 79.9. The Morgan fingerprint density at radius 1 is 1.19 bits per heavy atom. The second-order valence-corrected chi connectivity index (χ2v) is 5.83. The van der Waals surface area contributed by atoms with Crippen molar-refractivity contribution >= 4 is 15.9 Å². The summed E-state index contributed by atoms with van der Waals surface area (Å²) < 4.78 is 28.7. The Labute approximate surface area is 129 Å². The predicted molar refractivity (Wildman–Crippen MR) is 79.1 cm³/mol. The highest BCUT2D eigenvalue weighted by molar-refractivity contribution is 9.10. The van der Waals surface area contributed by atoms with Gasteiger partial charge < -0.3 is 0 Å². The van der Waals surface area contributed by atoms with E-state index in [0.717, 1.165) is 27.7 Å². The first-order valence-electron chi connectivity index (χ1n) is 6.24. The highest BCUT2D eigenvalue weighted by Crippen LogP contribution is 2.28. The van der Waals surface area contributed by atoms with Crippen LogP contribution in [0.15, 0.2) is 21.4 Å². The summed E-state index contributed by atoms with van der Waals surface area (Å²) in [6.45, 7) is 5.75. The van der Waals surface area contributed by atoms with E-state index in [9.17, 15) is 13.6 Å². The summed E-state index contributed by atoms with van der Waals surface area (Å²) in [4.78, 5) is 16.4. The Morgan fingerprint density at radius 3 is 2.38 bits per heavy atom. The van der Waals surface area contributed by atoms with Crippen LogP contribution < -0.4 is 5.56 Å². The Bertz CT molecular complexity index is 766. The number of alkyl halides is 2. The van der Waals surface area contributed by atoms with Crippen LogP contribution in [0.5, 0.6) is 0 Å². The maximum atomic E-state index is 13.4. The lowest BCUT2D eigenvalue weighted by atomic mass is 10.1. The number of aromatic nitrogens is 3. The molecule has 0 N–H and O–H groups in total. The molecule has 0 bridgehead atoms. The monoisotopic (exact) mass is 357 g/mol. The van der Waals surface area contributed by atoms with Gasteiger partial charge in [0.15, 0.2) is 5.82 Å². The maximum Gasteiger partial charge on any atom is 0.273 e. The third kappa shape index (κ3) is 3.02. The van der Waals surface area contributed by atoms with Crippen molar-refractivity contribution in [3.05, 3.63) is 49.5 Å². The summed E-state index contributed by atoms with van der Waals surface area (Å²) in [5.41, 5.74) is 0.512. The van der Waals surface area contributed by atoms with Gasteiger partial charge in [-0.1, -0.05) is 0 Å². The fraction of sp³-hybridized carbons (Fsp3) is 0.357. The van der Waals surface area contributed by atoms with Gasteiger partial charge in [0.25, 0.3) is 11.5 Å². The minimum absolute atomic E-state index is 0.101. The van der Waals surface area contributed by atoms with Crippen molar-refractivity contribution in [1.82, 2.24) is 14.8 Å². The van der Waals surface area contributed by atoms with E-state index in [1.165, 1.54) is 6.92 Å². The highest BCUT2D eigenvalue weighted by Gasteiger charge is 2.28. The molecule has 0 aliphatic heterocycles. The molecule has 0 aliphatic rings. The van der Waals surface area contributed by atoms with Gasteiger partial charge in [-0.2, -0.15) is 9.78 Å². The van der Waals surface area contributed by atoms with Gasteiger partial charge in [-0.15, -0.1) is 0 Å². The van der Waals surface area contributed by atoms with Crippen LogP contribution in [-0.2, 0) is 5.92 Å². The lowest BCUT2D eigenvalue weighted by molar-refractivity contribution is 0.0160. The second kappa shape index (κ2) is 5.29. The summed E-state index contributed by atoms with van der Waals surface area (Å²) in [7, 11) is 0. The quantitative estimate of drug-likeness (QED) is 0.827. The van der Waals surface area contributed by atoms with Crippen LogP contribution in [0.2, 0.25) is 0 Å². The molecule has 0 spiro atoms. The average molecular weight is 358 g/mol. The van der Waals surface area contributed by atoms with E-state index in [1.807, 2.05) is 6.07 Å². The molecule has 0 radical (unpaired) electrons. The predicted octanol–water partition coefficient (Wildman–Crippen LogP) is 3.43. The van der Waals surface area contributed by atoms with Gasteiger partial charge in [0, 0.05) is 23.0 Å². The standard InChI is InChI=1S/C14H14BrF2N3O/c1-7-5-11(15)9(3)18-13(7)20-12(21)6-10(8(2)19-20)14(4,16)17/h5-6H,1-4H3. The lowest BCUT2D eigenvalue weighted by Gasteiger charge is -2.15. The zero-order valence-corrected chi connectivity index (χ0v) is 13.6. The minimum Gasteiger partial charge on any atom is -0.267 e. The molecule has 4 nitrogen and oxygen atoms in total. The van der Waals surface area contributed by atoms with Crippen molar-refractivity contribution in [3.63, 3.8) is 0 Å². The topological polar surface area (TPSA) is 47.8 Å². The molecule has 0 saturated carbocycles. The summed E-state index contributed by atoms with van der Waals surface area (Å²) in [6.07, 6.45) is 0. The maximum absolute atomic E-state index is 13.4. The van der Waals surface area contributed by atoms with Gasteiger partial charge in [-0.05, 0) is 48.3 Å². The molecule has 7 heteroatoms.